The first-order chi connectivity index (χ1) is 10.4. The zero-order valence-electron chi connectivity index (χ0n) is 13.8. The van der Waals surface area contributed by atoms with Crippen molar-refractivity contribution in [3.8, 4) is 0 Å². The van der Waals surface area contributed by atoms with Gasteiger partial charge in [-0.1, -0.05) is 20.8 Å². The fourth-order valence-electron chi connectivity index (χ4n) is 2.19. The number of rotatable bonds is 7. The van der Waals surface area contributed by atoms with Gasteiger partial charge in [-0.3, -0.25) is 14.4 Å². The molecule has 122 valence electrons. The number of nitrogens with one attached hydrogen (secondary N) is 1. The maximum Gasteiger partial charge on any atom is 0.274 e. The Morgan fingerprint density at radius 3 is 2.27 bits per heavy atom. The number of hydrogen-bond donors (Lipinski definition) is 1. The lowest BCUT2D eigenvalue weighted by molar-refractivity contribution is -0.115. The molecule has 6 nitrogen and oxygen atoms in total. The van der Waals surface area contributed by atoms with Gasteiger partial charge in [0.05, 0.1) is 5.56 Å². The molecule has 0 unspecified atom stereocenters. The van der Waals surface area contributed by atoms with Crippen LogP contribution in [0.2, 0.25) is 0 Å². The van der Waals surface area contributed by atoms with E-state index in [4.69, 9.17) is 0 Å². The quantitative estimate of drug-likeness (QED) is 0.837. The van der Waals surface area contributed by atoms with Crippen molar-refractivity contribution < 1.29 is 9.59 Å². The average Bonchev–Trinajstić information content (AvgIpc) is 2.50. The summed E-state index contributed by atoms with van der Waals surface area (Å²) in [5, 5.41) is 2.56. The molecule has 1 aromatic heterocycles. The molecule has 0 aromatic carbocycles. The largest absolute Gasteiger partial charge is 0.339 e. The van der Waals surface area contributed by atoms with Gasteiger partial charge in [-0.25, -0.2) is 0 Å². The lowest BCUT2D eigenvalue weighted by atomic mass is 10.2. The lowest BCUT2D eigenvalue weighted by Crippen LogP contribution is -2.34. The van der Waals surface area contributed by atoms with E-state index < -0.39 is 0 Å². The molecule has 2 amide bonds. The summed E-state index contributed by atoms with van der Waals surface area (Å²) < 4.78 is 1.33. The lowest BCUT2D eigenvalue weighted by Gasteiger charge is -2.22. The van der Waals surface area contributed by atoms with Gasteiger partial charge < -0.3 is 14.8 Å². The number of nitrogens with zero attached hydrogens (tertiary/aromatic N) is 2. The Hall–Kier alpha value is -2.11. The normalized spacial score (nSPS) is 10.4. The van der Waals surface area contributed by atoms with Gasteiger partial charge in [0, 0.05) is 32.8 Å². The van der Waals surface area contributed by atoms with Gasteiger partial charge in [0.25, 0.3) is 11.5 Å². The van der Waals surface area contributed by atoms with Crippen LogP contribution in [-0.4, -0.2) is 34.4 Å². The van der Waals surface area contributed by atoms with Gasteiger partial charge >= 0.3 is 0 Å². The van der Waals surface area contributed by atoms with Crippen molar-refractivity contribution in [1.29, 1.82) is 0 Å². The molecule has 1 aromatic rings. The zero-order valence-corrected chi connectivity index (χ0v) is 13.8. The molecular weight excluding hydrogens is 282 g/mol. The molecule has 0 bridgehead atoms. The van der Waals surface area contributed by atoms with E-state index in [-0.39, 0.29) is 29.5 Å². The Morgan fingerprint density at radius 2 is 1.77 bits per heavy atom. The van der Waals surface area contributed by atoms with Crippen LogP contribution in [0.1, 0.15) is 50.4 Å². The molecule has 0 aliphatic rings. The molecule has 0 aliphatic heterocycles. The monoisotopic (exact) mass is 307 g/mol. The number of amides is 2. The van der Waals surface area contributed by atoms with Crippen LogP contribution >= 0.6 is 0 Å². The fourth-order valence-corrected chi connectivity index (χ4v) is 2.19. The van der Waals surface area contributed by atoms with Gasteiger partial charge in [-0.2, -0.15) is 0 Å². The Balaban J connectivity index is 3.15. The number of aromatic nitrogens is 1. The molecule has 1 heterocycles. The van der Waals surface area contributed by atoms with Crippen molar-refractivity contribution in [3.63, 3.8) is 0 Å². The SMILES string of the molecule is CCCN(CCC)C(=O)c1cc(NC(=O)CC)c(=O)n(C)c1. The highest BCUT2D eigenvalue weighted by molar-refractivity contribution is 5.96. The van der Waals surface area contributed by atoms with Crippen LogP contribution in [0.5, 0.6) is 0 Å². The van der Waals surface area contributed by atoms with Crippen LogP contribution in [-0.2, 0) is 11.8 Å². The van der Waals surface area contributed by atoms with Gasteiger partial charge in [-0.05, 0) is 18.9 Å². The topological polar surface area (TPSA) is 71.4 Å². The van der Waals surface area contributed by atoms with Crippen molar-refractivity contribution in [3.05, 3.63) is 28.2 Å². The van der Waals surface area contributed by atoms with Crippen LogP contribution in [0.3, 0.4) is 0 Å². The van der Waals surface area contributed by atoms with E-state index in [1.54, 1.807) is 18.9 Å². The minimum Gasteiger partial charge on any atom is -0.339 e. The standard InChI is InChI=1S/C16H25N3O3/c1-5-8-19(9-6-2)15(21)12-10-13(17-14(20)7-3)16(22)18(4)11-12/h10-11H,5-9H2,1-4H3,(H,17,20). The zero-order chi connectivity index (χ0) is 16.7. The molecule has 0 saturated carbocycles. The molecule has 0 radical (unpaired) electrons. The summed E-state index contributed by atoms with van der Waals surface area (Å²) in [6, 6.07) is 1.47. The molecule has 6 heteroatoms. The van der Waals surface area contributed by atoms with E-state index in [1.165, 1.54) is 16.8 Å². The molecular formula is C16H25N3O3. The van der Waals surface area contributed by atoms with Crippen LogP contribution in [0, 0.1) is 0 Å². The summed E-state index contributed by atoms with van der Waals surface area (Å²) in [6.07, 6.45) is 3.54. The predicted molar refractivity (Wildman–Crippen MR) is 87.1 cm³/mol. The summed E-state index contributed by atoms with van der Waals surface area (Å²) in [4.78, 5) is 37.9. The minimum absolute atomic E-state index is 0.119. The first-order valence-electron chi connectivity index (χ1n) is 7.74. The molecule has 0 aliphatic carbocycles. The van der Waals surface area contributed by atoms with E-state index in [2.05, 4.69) is 5.32 Å². The molecule has 0 spiro atoms. The Kier molecular flexibility index (Phi) is 6.82. The first kappa shape index (κ1) is 17.9. The van der Waals surface area contributed by atoms with E-state index >= 15 is 0 Å². The predicted octanol–water partition coefficient (Wildman–Crippen LogP) is 2.00. The third-order valence-electron chi connectivity index (χ3n) is 3.30. The number of pyridine rings is 1. The van der Waals surface area contributed by atoms with E-state index in [1.807, 2.05) is 13.8 Å². The van der Waals surface area contributed by atoms with Gasteiger partial charge in [0.1, 0.15) is 5.69 Å². The van der Waals surface area contributed by atoms with Crippen molar-refractivity contribution in [2.45, 2.75) is 40.0 Å². The molecule has 0 fully saturated rings. The van der Waals surface area contributed by atoms with Gasteiger partial charge in [0.15, 0.2) is 0 Å². The highest BCUT2D eigenvalue weighted by atomic mass is 16.2. The van der Waals surface area contributed by atoms with Gasteiger partial charge in [0.2, 0.25) is 5.91 Å². The fraction of sp³-hybridized carbons (Fsp3) is 0.562. The summed E-state index contributed by atoms with van der Waals surface area (Å²) in [7, 11) is 1.57. The van der Waals surface area contributed by atoms with Crippen molar-refractivity contribution in [1.82, 2.24) is 9.47 Å². The summed E-state index contributed by atoms with van der Waals surface area (Å²) in [6.45, 7) is 7.09. The van der Waals surface area contributed by atoms with Gasteiger partial charge in [-0.15, -0.1) is 0 Å². The van der Waals surface area contributed by atoms with E-state index in [0.29, 0.717) is 18.7 Å². The molecule has 1 rings (SSSR count). The van der Waals surface area contributed by atoms with E-state index in [0.717, 1.165) is 12.8 Å². The summed E-state index contributed by atoms with van der Waals surface area (Å²) >= 11 is 0. The summed E-state index contributed by atoms with van der Waals surface area (Å²) in [5.41, 5.74) is 0.236. The minimum atomic E-state index is -0.323. The molecule has 0 saturated heterocycles. The molecule has 1 N–H and O–H groups in total. The Bertz CT molecular complexity index is 587. The Labute approximate surface area is 131 Å². The number of carbonyl (C=O) groups is 2. The van der Waals surface area contributed by atoms with Crippen LogP contribution in [0.15, 0.2) is 17.1 Å². The highest BCUT2D eigenvalue weighted by Gasteiger charge is 2.17. The average molecular weight is 307 g/mol. The maximum absolute atomic E-state index is 12.6. The molecule has 0 atom stereocenters. The second-order valence-corrected chi connectivity index (χ2v) is 5.25. The van der Waals surface area contributed by atoms with Crippen LogP contribution in [0.25, 0.3) is 0 Å². The van der Waals surface area contributed by atoms with Crippen LogP contribution in [0.4, 0.5) is 5.69 Å². The second kappa shape index (κ2) is 8.36. The smallest absolute Gasteiger partial charge is 0.274 e. The summed E-state index contributed by atoms with van der Waals surface area (Å²) in [5.74, 6) is -0.369. The molecule has 22 heavy (non-hydrogen) atoms. The maximum atomic E-state index is 12.6. The van der Waals surface area contributed by atoms with Crippen LogP contribution < -0.4 is 10.9 Å². The van der Waals surface area contributed by atoms with Crippen molar-refractivity contribution in [2.24, 2.45) is 7.05 Å². The highest BCUT2D eigenvalue weighted by Crippen LogP contribution is 2.10. The first-order valence-corrected chi connectivity index (χ1v) is 7.74. The Morgan fingerprint density at radius 1 is 1.18 bits per heavy atom. The number of anilines is 1. The third kappa shape index (κ3) is 4.44. The van der Waals surface area contributed by atoms with E-state index in [9.17, 15) is 14.4 Å². The third-order valence-corrected chi connectivity index (χ3v) is 3.30. The van der Waals surface area contributed by atoms with Crippen molar-refractivity contribution >= 4 is 17.5 Å². The van der Waals surface area contributed by atoms with Crippen molar-refractivity contribution in [2.75, 3.05) is 18.4 Å². The number of aryl methyl sites for hydroxylation is 1. The second-order valence-electron chi connectivity index (χ2n) is 5.25. The number of hydrogen-bond acceptors (Lipinski definition) is 3. The number of carbonyl (C=O) groups excluding carboxylic acids is 2.